The highest BCUT2D eigenvalue weighted by Gasteiger charge is 2.64. The number of carbonyl (C=O) groups is 1. The number of aryl methyl sites for hydroxylation is 1. The van der Waals surface area contributed by atoms with Gasteiger partial charge in [-0.25, -0.2) is 0 Å². The number of unbranched alkanes of at least 4 members (excludes halogenated alkanes) is 3. The second-order valence-corrected chi connectivity index (χ2v) is 18.9. The number of ether oxygens (including phenoxy) is 1. The highest BCUT2D eigenvalue weighted by atomic mass is 28.4. The number of methoxy groups -OCH3 is 1. The molecular weight excluding hydrogens is 472 g/mol. The summed E-state index contributed by atoms with van der Waals surface area (Å²) in [4.78, 5) is 10.9. The Morgan fingerprint density at radius 2 is 1.92 bits per heavy atom. The molecule has 1 aromatic rings. The van der Waals surface area contributed by atoms with Crippen LogP contribution in [-0.2, 0) is 15.6 Å². The van der Waals surface area contributed by atoms with Crippen LogP contribution < -0.4 is 4.74 Å². The van der Waals surface area contributed by atoms with Gasteiger partial charge in [0.25, 0.3) is 0 Å². The Morgan fingerprint density at radius 1 is 1.16 bits per heavy atom. The van der Waals surface area contributed by atoms with Crippen LogP contribution >= 0.6 is 0 Å². The molecule has 0 spiro atoms. The predicted octanol–water partition coefficient (Wildman–Crippen LogP) is 8.87. The molecule has 0 amide bonds. The van der Waals surface area contributed by atoms with Gasteiger partial charge < -0.3 is 14.0 Å². The minimum atomic E-state index is -1.87. The monoisotopic (exact) mass is 524 g/mol. The van der Waals surface area contributed by atoms with Gasteiger partial charge in [-0.15, -0.1) is 6.58 Å². The Morgan fingerprint density at radius 3 is 2.57 bits per heavy atom. The first-order valence-electron chi connectivity index (χ1n) is 14.9. The zero-order chi connectivity index (χ0) is 27.1. The zero-order valence-corrected chi connectivity index (χ0v) is 25.7. The van der Waals surface area contributed by atoms with E-state index in [0.717, 1.165) is 31.3 Å². The average Bonchev–Trinajstić information content (AvgIpc) is 3.17. The number of rotatable bonds is 10. The van der Waals surface area contributed by atoms with E-state index in [2.05, 4.69) is 71.6 Å². The molecule has 2 fully saturated rings. The second kappa shape index (κ2) is 10.6. The van der Waals surface area contributed by atoms with Gasteiger partial charge in [0, 0.05) is 6.42 Å². The van der Waals surface area contributed by atoms with E-state index >= 15 is 0 Å². The fraction of sp³-hybridized carbons (Fsp3) is 0.727. The molecule has 206 valence electrons. The zero-order valence-electron chi connectivity index (χ0n) is 24.7. The molecule has 6 atom stereocenters. The van der Waals surface area contributed by atoms with Crippen LogP contribution in [0.5, 0.6) is 5.75 Å². The van der Waals surface area contributed by atoms with E-state index in [4.69, 9.17) is 9.16 Å². The third-order valence-corrected chi connectivity index (χ3v) is 15.7. The quantitative estimate of drug-likeness (QED) is 0.133. The van der Waals surface area contributed by atoms with Crippen LogP contribution in [0.3, 0.4) is 0 Å². The van der Waals surface area contributed by atoms with E-state index in [1.165, 1.54) is 44.1 Å². The average molecular weight is 525 g/mol. The molecule has 3 unspecified atom stereocenters. The molecule has 3 nitrogen and oxygen atoms in total. The maximum Gasteiger partial charge on any atom is 0.192 e. The number of aldehydes is 1. The van der Waals surface area contributed by atoms with Gasteiger partial charge in [0.05, 0.1) is 13.2 Å². The highest BCUT2D eigenvalue weighted by Crippen LogP contribution is 2.70. The topological polar surface area (TPSA) is 35.5 Å². The normalized spacial score (nSPS) is 33.3. The third-order valence-electron chi connectivity index (χ3n) is 11.2. The number of carbonyl (C=O) groups excluding carboxylic acids is 1. The van der Waals surface area contributed by atoms with Crippen molar-refractivity contribution in [2.45, 2.75) is 122 Å². The summed E-state index contributed by atoms with van der Waals surface area (Å²) < 4.78 is 12.9. The third kappa shape index (κ3) is 5.02. The van der Waals surface area contributed by atoms with E-state index < -0.39 is 8.32 Å². The fourth-order valence-electron chi connectivity index (χ4n) is 8.33. The van der Waals surface area contributed by atoms with Gasteiger partial charge in [0.15, 0.2) is 8.32 Å². The van der Waals surface area contributed by atoms with E-state index in [9.17, 15) is 4.79 Å². The molecule has 37 heavy (non-hydrogen) atoms. The molecule has 0 N–H and O–H groups in total. The number of allylic oxidation sites excluding steroid dienone is 1. The Hall–Kier alpha value is -1.39. The van der Waals surface area contributed by atoms with Gasteiger partial charge in [0.2, 0.25) is 0 Å². The lowest BCUT2D eigenvalue weighted by atomic mass is 9.44. The smallest absolute Gasteiger partial charge is 0.192 e. The van der Waals surface area contributed by atoms with Crippen LogP contribution in [0.15, 0.2) is 30.9 Å². The van der Waals surface area contributed by atoms with Crippen LogP contribution in [0.2, 0.25) is 18.1 Å². The summed E-state index contributed by atoms with van der Waals surface area (Å²) in [5.41, 5.74) is 3.31. The fourth-order valence-corrected chi connectivity index (χ4v) is 9.78. The Balaban J connectivity index is 1.72. The van der Waals surface area contributed by atoms with Gasteiger partial charge in [-0.1, -0.05) is 52.7 Å². The molecule has 0 saturated heterocycles. The second-order valence-electron chi connectivity index (χ2n) is 14.1. The molecule has 0 aliphatic heterocycles. The first kappa shape index (κ1) is 28.6. The molecule has 0 bridgehead atoms. The number of benzene rings is 1. The molecule has 0 aromatic heterocycles. The summed E-state index contributed by atoms with van der Waals surface area (Å²) in [5, 5.41) is 0.218. The van der Waals surface area contributed by atoms with Crippen molar-refractivity contribution >= 4 is 14.6 Å². The summed E-state index contributed by atoms with van der Waals surface area (Å²) in [6.45, 7) is 19.1. The lowest BCUT2D eigenvalue weighted by Crippen LogP contribution is -2.56. The van der Waals surface area contributed by atoms with E-state index in [1.807, 2.05) is 0 Å². The van der Waals surface area contributed by atoms with Gasteiger partial charge in [-0.3, -0.25) is 0 Å². The van der Waals surface area contributed by atoms with E-state index in [1.54, 1.807) is 12.7 Å². The summed E-state index contributed by atoms with van der Waals surface area (Å²) >= 11 is 0. The van der Waals surface area contributed by atoms with Crippen molar-refractivity contribution in [3.05, 3.63) is 42.0 Å². The van der Waals surface area contributed by atoms with Crippen LogP contribution in [0.1, 0.15) is 103 Å². The molecule has 0 radical (unpaired) electrons. The number of fused-ring (bicyclic) bond motifs is 5. The maximum atomic E-state index is 10.9. The molecule has 4 rings (SSSR count). The number of hydrogen-bond acceptors (Lipinski definition) is 3. The predicted molar refractivity (Wildman–Crippen MR) is 157 cm³/mol. The van der Waals surface area contributed by atoms with Crippen molar-refractivity contribution in [1.29, 1.82) is 0 Å². The molecule has 3 aliphatic rings. The van der Waals surface area contributed by atoms with Crippen molar-refractivity contribution in [2.75, 3.05) is 7.11 Å². The van der Waals surface area contributed by atoms with Gasteiger partial charge >= 0.3 is 0 Å². The van der Waals surface area contributed by atoms with Gasteiger partial charge in [-0.05, 0) is 115 Å². The van der Waals surface area contributed by atoms with Crippen molar-refractivity contribution in [3.63, 3.8) is 0 Å². The Kier molecular flexibility index (Phi) is 8.23. The van der Waals surface area contributed by atoms with Crippen molar-refractivity contribution in [2.24, 2.45) is 22.7 Å². The van der Waals surface area contributed by atoms with Crippen molar-refractivity contribution in [1.82, 2.24) is 0 Å². The Bertz CT molecular complexity index is 978. The highest BCUT2D eigenvalue weighted by molar-refractivity contribution is 6.74. The minimum absolute atomic E-state index is 0.119. The van der Waals surface area contributed by atoms with Crippen LogP contribution in [0.4, 0.5) is 0 Å². The standard InChI is InChI=1S/C33H52O3Si/c1-9-33-20-19-24-22-26(35-6)15-16-27(24)30(33)25(14-12-10-11-13-21-34)23-32(5)28(33)17-18-29(32)36-37(7,8)31(2,3)4/h9,15-16,21-22,25,28-30H,1,10-14,17-20,23H2,2-8H3/t25-,28?,29-,30?,32-,33?/m0/s1. The Labute approximate surface area is 227 Å². The van der Waals surface area contributed by atoms with Crippen molar-refractivity contribution < 1.29 is 14.0 Å². The summed E-state index contributed by atoms with van der Waals surface area (Å²) in [6.07, 6.45) is 15.0. The van der Waals surface area contributed by atoms with Crippen LogP contribution in [0.25, 0.3) is 0 Å². The molecule has 4 heteroatoms. The molecule has 3 aliphatic carbocycles. The lowest BCUT2D eigenvalue weighted by Gasteiger charge is -2.61. The molecule has 1 aromatic carbocycles. The summed E-state index contributed by atoms with van der Waals surface area (Å²) in [7, 11) is -0.103. The summed E-state index contributed by atoms with van der Waals surface area (Å²) in [5.74, 6) is 2.69. The lowest BCUT2D eigenvalue weighted by molar-refractivity contribution is -0.107. The van der Waals surface area contributed by atoms with Crippen LogP contribution in [0, 0.1) is 22.7 Å². The SMILES string of the molecule is C=CC12CCc3cc(OC)ccc3C1[C@@H](CCCCCC=O)C[C@@]1(C)C2CC[C@@H]1O[Si](C)(C)C(C)(C)C. The maximum absolute atomic E-state index is 10.9. The van der Waals surface area contributed by atoms with Crippen molar-refractivity contribution in [3.8, 4) is 5.75 Å². The molecule has 2 saturated carbocycles. The van der Waals surface area contributed by atoms with Gasteiger partial charge in [0.1, 0.15) is 12.0 Å². The van der Waals surface area contributed by atoms with E-state index in [-0.39, 0.29) is 15.9 Å². The molecule has 0 heterocycles. The first-order chi connectivity index (χ1) is 17.4. The first-order valence-corrected chi connectivity index (χ1v) is 17.8. The number of hydrogen-bond donors (Lipinski definition) is 0. The van der Waals surface area contributed by atoms with Gasteiger partial charge in [-0.2, -0.15) is 0 Å². The molecular formula is C33H52O3Si. The van der Waals surface area contributed by atoms with E-state index in [0.29, 0.717) is 30.3 Å². The minimum Gasteiger partial charge on any atom is -0.497 e. The summed E-state index contributed by atoms with van der Waals surface area (Å²) in [6, 6.07) is 6.83. The largest absolute Gasteiger partial charge is 0.497 e. The van der Waals surface area contributed by atoms with Crippen LogP contribution in [-0.4, -0.2) is 27.8 Å².